The molecular formula is C34H26ClN3O8S. The summed E-state index contributed by atoms with van der Waals surface area (Å²) in [5, 5.41) is 11.9. The number of carbonyl (C=O) groups excluding carboxylic acids is 1. The smallest absolute Gasteiger partial charge is 0.338 e. The molecule has 0 amide bonds. The van der Waals surface area contributed by atoms with Crippen molar-refractivity contribution >= 4 is 46.4 Å². The second kappa shape index (κ2) is 13.1. The van der Waals surface area contributed by atoms with E-state index in [4.69, 9.17) is 35.2 Å². The number of benzene rings is 3. The minimum Gasteiger partial charge on any atom is -0.493 e. The molecule has 1 atom stereocenters. The second-order valence-corrected chi connectivity index (χ2v) is 11.6. The molecule has 11 nitrogen and oxygen atoms in total. The first-order valence-electron chi connectivity index (χ1n) is 14.3. The van der Waals surface area contributed by atoms with Gasteiger partial charge in [-0.1, -0.05) is 59.3 Å². The van der Waals surface area contributed by atoms with Gasteiger partial charge in [-0.15, -0.1) is 0 Å². The summed E-state index contributed by atoms with van der Waals surface area (Å²) < 4.78 is 24.2. The maximum absolute atomic E-state index is 14.2. The molecule has 0 radical (unpaired) electrons. The van der Waals surface area contributed by atoms with Crippen LogP contribution < -0.4 is 24.4 Å². The van der Waals surface area contributed by atoms with Gasteiger partial charge in [0.1, 0.15) is 11.5 Å². The number of halogens is 1. The van der Waals surface area contributed by atoms with E-state index >= 15 is 0 Å². The van der Waals surface area contributed by atoms with Crippen LogP contribution in [-0.4, -0.2) is 36.3 Å². The Bertz CT molecular complexity index is 2240. The molecule has 5 aromatic rings. The first-order chi connectivity index (χ1) is 22.7. The SMILES string of the molecule is CCOC(=O)C1=C(c2ccccc2)N=c2s/c(=C\c3ccc(-c4ccc(Cl)cc4[N+](=O)[O-])o3)c(=O)n2C1c1ccc(OC)c(OC)c1. The summed E-state index contributed by atoms with van der Waals surface area (Å²) in [6.07, 6.45) is 1.54. The number of ether oxygens (including phenoxy) is 3. The van der Waals surface area contributed by atoms with Gasteiger partial charge in [-0.2, -0.15) is 0 Å². The van der Waals surface area contributed by atoms with Crippen molar-refractivity contribution in [2.24, 2.45) is 4.99 Å². The molecule has 0 fully saturated rings. The molecule has 0 saturated carbocycles. The molecule has 3 aromatic carbocycles. The fourth-order valence-corrected chi connectivity index (χ4v) is 6.49. The van der Waals surface area contributed by atoms with Crippen LogP contribution in [-0.2, 0) is 9.53 Å². The van der Waals surface area contributed by atoms with Gasteiger partial charge in [-0.05, 0) is 48.9 Å². The maximum Gasteiger partial charge on any atom is 0.338 e. The van der Waals surface area contributed by atoms with Gasteiger partial charge in [-0.25, -0.2) is 9.79 Å². The lowest BCUT2D eigenvalue weighted by Gasteiger charge is -2.26. The van der Waals surface area contributed by atoms with Crippen LogP contribution in [0.5, 0.6) is 11.5 Å². The van der Waals surface area contributed by atoms with Gasteiger partial charge in [0.2, 0.25) is 0 Å². The summed E-state index contributed by atoms with van der Waals surface area (Å²) in [5.41, 5.74) is 1.37. The molecule has 0 bridgehead atoms. The fourth-order valence-electron chi connectivity index (χ4n) is 5.35. The molecule has 0 saturated heterocycles. The summed E-state index contributed by atoms with van der Waals surface area (Å²) in [6, 6.07) is 20.9. The fraction of sp³-hybridized carbons (Fsp3) is 0.147. The molecule has 0 aliphatic carbocycles. The molecule has 1 aliphatic heterocycles. The standard InChI is InChI=1S/C34H26ClN3O8S/c1-4-45-33(40)29-30(19-8-6-5-7-9-19)36-34-37(31(29)20-10-14-26(43-2)27(16-20)44-3)32(39)28(47-34)18-22-12-15-25(46-22)23-13-11-21(35)17-24(23)38(41)42/h5-18,31H,4H2,1-3H3/b28-18-. The van der Waals surface area contributed by atoms with Crippen molar-refractivity contribution < 1.29 is 28.3 Å². The molecule has 47 heavy (non-hydrogen) atoms. The Morgan fingerprint density at radius 2 is 1.83 bits per heavy atom. The zero-order valence-corrected chi connectivity index (χ0v) is 26.8. The first-order valence-corrected chi connectivity index (χ1v) is 15.5. The molecule has 1 aliphatic rings. The van der Waals surface area contributed by atoms with E-state index in [0.717, 1.165) is 11.3 Å². The van der Waals surface area contributed by atoms with Crippen molar-refractivity contribution in [3.63, 3.8) is 0 Å². The highest BCUT2D eigenvalue weighted by atomic mass is 35.5. The van der Waals surface area contributed by atoms with Crippen LogP contribution in [0.3, 0.4) is 0 Å². The van der Waals surface area contributed by atoms with E-state index in [2.05, 4.69) is 0 Å². The summed E-state index contributed by atoms with van der Waals surface area (Å²) in [5.74, 6) is 0.775. The Hall–Kier alpha value is -5.46. The van der Waals surface area contributed by atoms with Crippen LogP contribution in [0.2, 0.25) is 5.02 Å². The van der Waals surface area contributed by atoms with Gasteiger partial charge < -0.3 is 18.6 Å². The number of methoxy groups -OCH3 is 2. The highest BCUT2D eigenvalue weighted by Gasteiger charge is 2.35. The number of thiazole rings is 1. The average molecular weight is 672 g/mol. The quantitative estimate of drug-likeness (QED) is 0.109. The molecule has 2 aromatic heterocycles. The lowest BCUT2D eigenvalue weighted by Crippen LogP contribution is -2.40. The summed E-state index contributed by atoms with van der Waals surface area (Å²) >= 11 is 7.10. The van der Waals surface area contributed by atoms with Gasteiger partial charge in [0.15, 0.2) is 16.3 Å². The predicted octanol–water partition coefficient (Wildman–Crippen LogP) is 5.77. The van der Waals surface area contributed by atoms with Crippen LogP contribution in [0.25, 0.3) is 23.1 Å². The Morgan fingerprint density at radius 3 is 2.53 bits per heavy atom. The zero-order valence-electron chi connectivity index (χ0n) is 25.3. The van der Waals surface area contributed by atoms with Gasteiger partial charge >= 0.3 is 5.97 Å². The minimum absolute atomic E-state index is 0.111. The normalized spacial score (nSPS) is 14.4. The predicted molar refractivity (Wildman–Crippen MR) is 176 cm³/mol. The van der Waals surface area contributed by atoms with E-state index in [1.54, 1.807) is 37.3 Å². The third-order valence-electron chi connectivity index (χ3n) is 7.42. The topological polar surface area (TPSA) is 135 Å². The Balaban J connectivity index is 1.57. The van der Waals surface area contributed by atoms with E-state index in [-0.39, 0.29) is 44.5 Å². The van der Waals surface area contributed by atoms with Crippen LogP contribution in [0, 0.1) is 10.1 Å². The second-order valence-electron chi connectivity index (χ2n) is 10.2. The molecule has 3 heterocycles. The molecule has 238 valence electrons. The first kappa shape index (κ1) is 31.5. The van der Waals surface area contributed by atoms with Gasteiger partial charge in [0, 0.05) is 22.7 Å². The number of nitro groups is 1. The van der Waals surface area contributed by atoms with E-state index in [0.29, 0.717) is 33.1 Å². The van der Waals surface area contributed by atoms with Crippen LogP contribution in [0.1, 0.15) is 29.9 Å². The van der Waals surface area contributed by atoms with Gasteiger partial charge in [0.25, 0.3) is 11.2 Å². The van der Waals surface area contributed by atoms with E-state index in [9.17, 15) is 19.7 Å². The highest BCUT2D eigenvalue weighted by molar-refractivity contribution is 7.07. The van der Waals surface area contributed by atoms with E-state index in [1.807, 2.05) is 30.3 Å². The number of esters is 1. The third-order valence-corrected chi connectivity index (χ3v) is 8.64. The number of furan rings is 1. The zero-order chi connectivity index (χ0) is 33.2. The molecule has 1 unspecified atom stereocenters. The molecule has 6 rings (SSSR count). The average Bonchev–Trinajstić information content (AvgIpc) is 3.67. The molecule has 0 N–H and O–H groups in total. The summed E-state index contributed by atoms with van der Waals surface area (Å²) in [7, 11) is 3.02. The highest BCUT2D eigenvalue weighted by Crippen LogP contribution is 2.39. The van der Waals surface area contributed by atoms with E-state index < -0.39 is 22.5 Å². The minimum atomic E-state index is -0.939. The van der Waals surface area contributed by atoms with E-state index in [1.165, 1.54) is 43.1 Å². The van der Waals surface area contributed by atoms with Crippen molar-refractivity contribution in [2.75, 3.05) is 20.8 Å². The molecule has 13 heteroatoms. The summed E-state index contributed by atoms with van der Waals surface area (Å²) in [6.45, 7) is 1.82. The third kappa shape index (κ3) is 5.96. The van der Waals surface area contributed by atoms with Gasteiger partial charge in [0.05, 0.1) is 53.2 Å². The monoisotopic (exact) mass is 671 g/mol. The Morgan fingerprint density at radius 1 is 1.06 bits per heavy atom. The van der Waals surface area contributed by atoms with Crippen LogP contribution in [0.4, 0.5) is 5.69 Å². The number of aromatic nitrogens is 1. The van der Waals surface area contributed by atoms with Crippen LogP contribution >= 0.6 is 22.9 Å². The lowest BCUT2D eigenvalue weighted by molar-refractivity contribution is -0.384. The molecule has 0 spiro atoms. The van der Waals surface area contributed by atoms with Gasteiger partial charge in [-0.3, -0.25) is 19.5 Å². The number of hydrogen-bond donors (Lipinski definition) is 0. The number of carbonyl (C=O) groups is 1. The number of fused-ring (bicyclic) bond motifs is 1. The van der Waals surface area contributed by atoms with Crippen molar-refractivity contribution in [3.05, 3.63) is 136 Å². The van der Waals surface area contributed by atoms with Crippen molar-refractivity contribution in [1.82, 2.24) is 4.57 Å². The van der Waals surface area contributed by atoms with Crippen LogP contribution in [0.15, 0.2) is 98.6 Å². The number of nitro benzene ring substituents is 1. The number of nitrogens with zero attached hydrogens (tertiary/aromatic N) is 3. The molecular weight excluding hydrogens is 646 g/mol. The van der Waals surface area contributed by atoms with Crippen molar-refractivity contribution in [2.45, 2.75) is 13.0 Å². The van der Waals surface area contributed by atoms with Crippen molar-refractivity contribution in [3.8, 4) is 22.8 Å². The largest absolute Gasteiger partial charge is 0.493 e. The number of hydrogen-bond acceptors (Lipinski definition) is 10. The summed E-state index contributed by atoms with van der Waals surface area (Å²) in [4.78, 5) is 44.2. The Kier molecular flexibility index (Phi) is 8.79. The number of rotatable bonds is 9. The van der Waals surface area contributed by atoms with Crippen molar-refractivity contribution in [1.29, 1.82) is 0 Å². The maximum atomic E-state index is 14.2. The Labute approximate surface area is 276 Å². The lowest BCUT2D eigenvalue weighted by atomic mass is 9.93.